The fraction of sp³-hybridized carbons (Fsp3) is 0.400. The molecule has 1 aliphatic rings. The van der Waals surface area contributed by atoms with Gasteiger partial charge in [0.2, 0.25) is 5.91 Å². The highest BCUT2D eigenvalue weighted by Gasteiger charge is 2.29. The molecule has 1 aromatic heterocycles. The van der Waals surface area contributed by atoms with Crippen LogP contribution in [0.5, 0.6) is 0 Å². The second kappa shape index (κ2) is 6.76. The van der Waals surface area contributed by atoms with Crippen LogP contribution < -0.4 is 5.56 Å². The highest BCUT2D eigenvalue weighted by atomic mass is 32.2. The number of rotatable bonds is 5. The minimum Gasteiger partial charge on any atom is -0.335 e. The highest BCUT2D eigenvalue weighted by Crippen LogP contribution is 2.26. The van der Waals surface area contributed by atoms with Gasteiger partial charge < -0.3 is 4.90 Å². The predicted octanol–water partition coefficient (Wildman–Crippen LogP) is 1.47. The van der Waals surface area contributed by atoms with Gasteiger partial charge in [0.25, 0.3) is 5.56 Å². The first-order valence-corrected chi connectivity index (χ1v) is 7.76. The molecule has 0 aromatic carbocycles. The zero-order valence-corrected chi connectivity index (χ0v) is 12.9. The molecule has 2 heterocycles. The first-order valence-electron chi connectivity index (χ1n) is 6.78. The maximum absolute atomic E-state index is 12.6. The normalized spacial score (nSPS) is 16.9. The smallest absolute Gasteiger partial charge is 0.257 e. The number of hydrogen-bond acceptors (Lipinski definition) is 4. The molecular formula is C15H19N3O2S. The molecule has 1 amide bonds. The fourth-order valence-corrected chi connectivity index (χ4v) is 3.31. The summed E-state index contributed by atoms with van der Waals surface area (Å²) in [5, 5.41) is 0.689. The third-order valence-electron chi connectivity index (χ3n) is 3.36. The number of aryl methyl sites for hydroxylation is 1. The van der Waals surface area contributed by atoms with Crippen molar-refractivity contribution >= 4 is 17.7 Å². The Labute approximate surface area is 128 Å². The van der Waals surface area contributed by atoms with E-state index in [4.69, 9.17) is 0 Å². The van der Waals surface area contributed by atoms with Gasteiger partial charge in [0.05, 0.1) is 5.92 Å². The molecule has 0 spiro atoms. The van der Waals surface area contributed by atoms with Crippen molar-refractivity contribution in [2.75, 3.05) is 18.8 Å². The van der Waals surface area contributed by atoms with Crippen molar-refractivity contribution in [2.45, 2.75) is 18.6 Å². The molecule has 0 fully saturated rings. The summed E-state index contributed by atoms with van der Waals surface area (Å²) in [5.74, 6) is 0.448. The van der Waals surface area contributed by atoms with E-state index in [1.807, 2.05) is 0 Å². The Morgan fingerprint density at radius 1 is 1.52 bits per heavy atom. The van der Waals surface area contributed by atoms with E-state index in [9.17, 15) is 9.59 Å². The summed E-state index contributed by atoms with van der Waals surface area (Å²) in [7, 11) is 0. The van der Waals surface area contributed by atoms with Crippen LogP contribution >= 0.6 is 11.8 Å². The van der Waals surface area contributed by atoms with Crippen LogP contribution in [-0.2, 0) is 11.3 Å². The van der Waals surface area contributed by atoms with Gasteiger partial charge in [0, 0.05) is 37.1 Å². The third-order valence-corrected chi connectivity index (χ3v) is 4.51. The quantitative estimate of drug-likeness (QED) is 0.611. The number of carbonyl (C=O) groups excluding carboxylic acids is 1. The van der Waals surface area contributed by atoms with Crippen molar-refractivity contribution in [1.29, 1.82) is 0 Å². The molecule has 5 nitrogen and oxygen atoms in total. The molecule has 1 aromatic rings. The molecule has 2 rings (SSSR count). The van der Waals surface area contributed by atoms with Gasteiger partial charge in [-0.15, -0.1) is 13.2 Å². The van der Waals surface area contributed by atoms with E-state index < -0.39 is 0 Å². The molecule has 0 radical (unpaired) electrons. The van der Waals surface area contributed by atoms with E-state index in [0.717, 1.165) is 0 Å². The fourth-order valence-electron chi connectivity index (χ4n) is 2.27. The standard InChI is InChI=1S/C15H19N3O2S/c1-4-6-17(7-5-2)14(20)12-9-18-13(19)11(3)8-16-15(18)21-10-12/h4-5,8,12H,1-2,6-7,9-10H2,3H3. The van der Waals surface area contributed by atoms with Crippen LogP contribution in [0.4, 0.5) is 0 Å². The van der Waals surface area contributed by atoms with Crippen LogP contribution in [0.2, 0.25) is 0 Å². The second-order valence-electron chi connectivity index (χ2n) is 4.97. The lowest BCUT2D eigenvalue weighted by molar-refractivity contribution is -0.134. The van der Waals surface area contributed by atoms with Crippen molar-refractivity contribution in [1.82, 2.24) is 14.5 Å². The lowest BCUT2D eigenvalue weighted by Gasteiger charge is -2.29. The van der Waals surface area contributed by atoms with Gasteiger partial charge in [0.1, 0.15) is 0 Å². The number of thioether (sulfide) groups is 1. The summed E-state index contributed by atoms with van der Waals surface area (Å²) in [4.78, 5) is 30.7. The van der Waals surface area contributed by atoms with Crippen molar-refractivity contribution in [3.05, 3.63) is 47.4 Å². The lowest BCUT2D eigenvalue weighted by atomic mass is 10.1. The number of aromatic nitrogens is 2. The van der Waals surface area contributed by atoms with Crippen molar-refractivity contribution < 1.29 is 4.79 Å². The van der Waals surface area contributed by atoms with Gasteiger partial charge >= 0.3 is 0 Å². The number of nitrogens with zero attached hydrogens (tertiary/aromatic N) is 3. The zero-order chi connectivity index (χ0) is 15.4. The summed E-state index contributed by atoms with van der Waals surface area (Å²) in [6.07, 6.45) is 4.98. The van der Waals surface area contributed by atoms with Crippen molar-refractivity contribution in [3.63, 3.8) is 0 Å². The zero-order valence-electron chi connectivity index (χ0n) is 12.1. The van der Waals surface area contributed by atoms with E-state index in [-0.39, 0.29) is 17.4 Å². The number of hydrogen-bond donors (Lipinski definition) is 0. The van der Waals surface area contributed by atoms with E-state index in [1.165, 1.54) is 11.8 Å². The Balaban J connectivity index is 2.22. The highest BCUT2D eigenvalue weighted by molar-refractivity contribution is 7.99. The molecule has 21 heavy (non-hydrogen) atoms. The van der Waals surface area contributed by atoms with Gasteiger partial charge in [-0.2, -0.15) is 0 Å². The van der Waals surface area contributed by atoms with Crippen LogP contribution in [0.3, 0.4) is 0 Å². The number of carbonyl (C=O) groups is 1. The molecule has 0 N–H and O–H groups in total. The monoisotopic (exact) mass is 305 g/mol. The van der Waals surface area contributed by atoms with Gasteiger partial charge in [-0.05, 0) is 6.92 Å². The first kappa shape index (κ1) is 15.6. The van der Waals surface area contributed by atoms with Crippen LogP contribution in [-0.4, -0.2) is 39.2 Å². The van der Waals surface area contributed by atoms with Gasteiger partial charge in [0.15, 0.2) is 5.16 Å². The summed E-state index contributed by atoms with van der Waals surface area (Å²) in [6.45, 7) is 10.4. The van der Waals surface area contributed by atoms with Gasteiger partial charge in [-0.3, -0.25) is 14.2 Å². The Hall–Kier alpha value is -1.82. The minimum absolute atomic E-state index is 0.0290. The Morgan fingerprint density at radius 3 is 2.81 bits per heavy atom. The maximum Gasteiger partial charge on any atom is 0.257 e. The molecular weight excluding hydrogens is 286 g/mol. The molecule has 1 unspecified atom stereocenters. The van der Waals surface area contributed by atoms with E-state index >= 15 is 0 Å². The van der Waals surface area contributed by atoms with Crippen LogP contribution in [0.15, 0.2) is 41.5 Å². The summed E-state index contributed by atoms with van der Waals surface area (Å²) >= 11 is 1.45. The van der Waals surface area contributed by atoms with Crippen LogP contribution in [0, 0.1) is 12.8 Å². The second-order valence-corrected chi connectivity index (χ2v) is 5.96. The minimum atomic E-state index is -0.219. The molecule has 112 valence electrons. The van der Waals surface area contributed by atoms with E-state index in [1.54, 1.807) is 34.7 Å². The van der Waals surface area contributed by atoms with Gasteiger partial charge in [-0.1, -0.05) is 23.9 Å². The molecule has 1 aliphatic heterocycles. The van der Waals surface area contributed by atoms with Crippen molar-refractivity contribution in [2.24, 2.45) is 5.92 Å². The number of fused-ring (bicyclic) bond motifs is 1. The molecule has 0 saturated carbocycles. The Bertz CT molecular complexity index is 614. The molecule has 0 bridgehead atoms. The summed E-state index contributed by atoms with van der Waals surface area (Å²) in [6, 6.07) is 0. The van der Waals surface area contributed by atoms with E-state index in [2.05, 4.69) is 18.1 Å². The predicted molar refractivity (Wildman–Crippen MR) is 84.4 cm³/mol. The summed E-state index contributed by atoms with van der Waals surface area (Å²) in [5.41, 5.74) is 0.533. The average Bonchev–Trinajstić information content (AvgIpc) is 2.50. The first-order chi connectivity index (χ1) is 10.1. The van der Waals surface area contributed by atoms with Crippen LogP contribution in [0.1, 0.15) is 5.56 Å². The van der Waals surface area contributed by atoms with E-state index in [0.29, 0.717) is 36.1 Å². The largest absolute Gasteiger partial charge is 0.335 e. The maximum atomic E-state index is 12.6. The lowest BCUT2D eigenvalue weighted by Crippen LogP contribution is -2.42. The van der Waals surface area contributed by atoms with Crippen molar-refractivity contribution in [3.8, 4) is 0 Å². The van der Waals surface area contributed by atoms with Crippen LogP contribution in [0.25, 0.3) is 0 Å². The third kappa shape index (κ3) is 3.26. The topological polar surface area (TPSA) is 55.2 Å². The molecule has 0 aliphatic carbocycles. The molecule has 1 atom stereocenters. The Morgan fingerprint density at radius 2 is 2.19 bits per heavy atom. The summed E-state index contributed by atoms with van der Waals surface area (Å²) < 4.78 is 1.60. The number of amides is 1. The SMILES string of the molecule is C=CCN(CC=C)C(=O)C1CSc2ncc(C)c(=O)n2C1. The van der Waals surface area contributed by atoms with Gasteiger partial charge in [-0.25, -0.2) is 4.98 Å². The Kier molecular flexibility index (Phi) is 5.01. The molecule has 6 heteroatoms. The molecule has 0 saturated heterocycles. The average molecular weight is 305 g/mol.